The average molecular weight is 269 g/mol. The Morgan fingerprint density at radius 1 is 1.58 bits per heavy atom. The number of imidazole rings is 1. The summed E-state index contributed by atoms with van der Waals surface area (Å²) in [4.78, 5) is 39.0. The zero-order valence-corrected chi connectivity index (χ0v) is 10.2. The number of carbonyl (C=O) groups is 3. The van der Waals surface area contributed by atoms with Crippen LogP contribution < -0.4 is 5.32 Å². The number of ether oxygens (including phenoxy) is 1. The zero-order valence-electron chi connectivity index (χ0n) is 10.2. The largest absolute Gasteiger partial charge is 0.480 e. The molecule has 0 fully saturated rings. The second-order valence-corrected chi connectivity index (χ2v) is 3.81. The number of carbonyl (C=O) groups excluding carboxylic acids is 2. The maximum absolute atomic E-state index is 11.5. The van der Waals surface area contributed by atoms with Gasteiger partial charge in [-0.1, -0.05) is 0 Å². The molecule has 0 aliphatic carbocycles. The SMILES string of the molecule is O=COCCCC(=O)NC(Cc1cnc[nH]1)C(=O)O. The molecule has 0 aromatic carbocycles. The van der Waals surface area contributed by atoms with E-state index in [9.17, 15) is 14.4 Å². The summed E-state index contributed by atoms with van der Waals surface area (Å²) in [7, 11) is 0. The van der Waals surface area contributed by atoms with Crippen molar-refractivity contribution in [2.45, 2.75) is 25.3 Å². The summed E-state index contributed by atoms with van der Waals surface area (Å²) in [6, 6.07) is -1.01. The smallest absolute Gasteiger partial charge is 0.326 e. The number of hydrogen-bond acceptors (Lipinski definition) is 5. The molecule has 3 N–H and O–H groups in total. The average Bonchev–Trinajstić information content (AvgIpc) is 2.86. The van der Waals surface area contributed by atoms with Crippen LogP contribution in [-0.2, 0) is 25.5 Å². The van der Waals surface area contributed by atoms with Crippen LogP contribution in [0.25, 0.3) is 0 Å². The van der Waals surface area contributed by atoms with Gasteiger partial charge in [0.2, 0.25) is 5.91 Å². The maximum Gasteiger partial charge on any atom is 0.326 e. The number of carboxylic acid groups (broad SMARTS) is 1. The molecule has 1 heterocycles. The number of amides is 1. The van der Waals surface area contributed by atoms with Crippen molar-refractivity contribution in [1.82, 2.24) is 15.3 Å². The van der Waals surface area contributed by atoms with Gasteiger partial charge >= 0.3 is 5.97 Å². The fourth-order valence-electron chi connectivity index (χ4n) is 1.45. The third kappa shape index (κ3) is 5.66. The third-order valence-corrected chi connectivity index (χ3v) is 2.35. The molecule has 0 saturated carbocycles. The minimum absolute atomic E-state index is 0.0978. The van der Waals surface area contributed by atoms with E-state index in [4.69, 9.17) is 5.11 Å². The summed E-state index contributed by atoms with van der Waals surface area (Å²) in [6.45, 7) is 0.436. The van der Waals surface area contributed by atoms with Crippen LogP contribution in [0.3, 0.4) is 0 Å². The molecular weight excluding hydrogens is 254 g/mol. The number of nitrogens with one attached hydrogen (secondary N) is 2. The molecule has 1 rings (SSSR count). The molecule has 1 atom stereocenters. The van der Waals surface area contributed by atoms with Crippen LogP contribution in [0.5, 0.6) is 0 Å². The van der Waals surface area contributed by atoms with E-state index in [1.165, 1.54) is 12.5 Å². The fourth-order valence-corrected chi connectivity index (χ4v) is 1.45. The molecule has 8 nitrogen and oxygen atoms in total. The summed E-state index contributed by atoms with van der Waals surface area (Å²) in [5, 5.41) is 11.4. The van der Waals surface area contributed by atoms with Gasteiger partial charge in [0, 0.05) is 24.7 Å². The van der Waals surface area contributed by atoms with Gasteiger partial charge in [0.25, 0.3) is 6.47 Å². The molecule has 104 valence electrons. The fraction of sp³-hybridized carbons (Fsp3) is 0.455. The number of aromatic nitrogens is 2. The van der Waals surface area contributed by atoms with E-state index in [0.717, 1.165) is 0 Å². The lowest BCUT2D eigenvalue weighted by Gasteiger charge is -2.13. The lowest BCUT2D eigenvalue weighted by atomic mass is 10.1. The van der Waals surface area contributed by atoms with Crippen LogP contribution in [0.1, 0.15) is 18.5 Å². The zero-order chi connectivity index (χ0) is 14.1. The number of aromatic amines is 1. The van der Waals surface area contributed by atoms with Crippen molar-refractivity contribution in [3.05, 3.63) is 18.2 Å². The van der Waals surface area contributed by atoms with Gasteiger partial charge in [0.05, 0.1) is 12.9 Å². The Morgan fingerprint density at radius 3 is 2.95 bits per heavy atom. The van der Waals surface area contributed by atoms with Gasteiger partial charge in [-0.15, -0.1) is 0 Å². The molecule has 0 aliphatic rings. The minimum Gasteiger partial charge on any atom is -0.480 e. The van der Waals surface area contributed by atoms with Crippen LogP contribution in [-0.4, -0.2) is 46.1 Å². The van der Waals surface area contributed by atoms with Crippen LogP contribution in [0, 0.1) is 0 Å². The topological polar surface area (TPSA) is 121 Å². The first kappa shape index (κ1) is 14.7. The molecule has 0 radical (unpaired) electrons. The molecule has 0 spiro atoms. The lowest BCUT2D eigenvalue weighted by molar-refractivity contribution is -0.141. The number of H-pyrrole nitrogens is 1. The second kappa shape index (κ2) is 7.85. The summed E-state index contributed by atoms with van der Waals surface area (Å²) < 4.78 is 4.43. The van der Waals surface area contributed by atoms with Crippen molar-refractivity contribution < 1.29 is 24.2 Å². The number of carboxylic acids is 1. The summed E-state index contributed by atoms with van der Waals surface area (Å²) in [5.74, 6) is -1.52. The predicted molar refractivity (Wildman–Crippen MR) is 63.1 cm³/mol. The van der Waals surface area contributed by atoms with E-state index in [1.807, 2.05) is 0 Å². The highest BCUT2D eigenvalue weighted by atomic mass is 16.5. The molecule has 1 aromatic rings. The van der Waals surface area contributed by atoms with Gasteiger partial charge < -0.3 is 20.1 Å². The Balaban J connectivity index is 2.38. The molecule has 1 aromatic heterocycles. The van der Waals surface area contributed by atoms with Crippen molar-refractivity contribution in [3.63, 3.8) is 0 Å². The van der Waals surface area contributed by atoms with Gasteiger partial charge in [-0.2, -0.15) is 0 Å². The summed E-state index contributed by atoms with van der Waals surface area (Å²) in [6.07, 6.45) is 3.51. The van der Waals surface area contributed by atoms with Gasteiger partial charge in [-0.25, -0.2) is 9.78 Å². The first-order valence-electron chi connectivity index (χ1n) is 5.68. The Hall–Kier alpha value is -2.38. The van der Waals surface area contributed by atoms with E-state index in [1.54, 1.807) is 0 Å². The highest BCUT2D eigenvalue weighted by molar-refractivity contribution is 5.83. The minimum atomic E-state index is -1.12. The first-order valence-corrected chi connectivity index (χ1v) is 5.68. The number of aliphatic carboxylic acids is 1. The van der Waals surface area contributed by atoms with E-state index < -0.39 is 17.9 Å². The van der Waals surface area contributed by atoms with E-state index in [0.29, 0.717) is 18.6 Å². The van der Waals surface area contributed by atoms with Crippen LogP contribution in [0.15, 0.2) is 12.5 Å². The standard InChI is InChI=1S/C11H15N3O5/c15-7-19-3-1-2-10(16)14-9(11(17)18)4-8-5-12-6-13-8/h5-7,9H,1-4H2,(H,12,13)(H,14,16)(H,17,18). The quantitative estimate of drug-likeness (QED) is 0.409. The van der Waals surface area contributed by atoms with Crippen LogP contribution >= 0.6 is 0 Å². The summed E-state index contributed by atoms with van der Waals surface area (Å²) >= 11 is 0. The molecule has 0 saturated heterocycles. The van der Waals surface area contributed by atoms with Crippen molar-refractivity contribution >= 4 is 18.3 Å². The van der Waals surface area contributed by atoms with Crippen molar-refractivity contribution in [2.24, 2.45) is 0 Å². The Morgan fingerprint density at radius 2 is 2.37 bits per heavy atom. The predicted octanol–water partition coefficient (Wildman–Crippen LogP) is -0.525. The van der Waals surface area contributed by atoms with E-state index in [-0.39, 0.29) is 19.4 Å². The Labute approximate surface area is 109 Å². The molecule has 1 unspecified atom stereocenters. The van der Waals surface area contributed by atoms with Gasteiger partial charge in [-0.3, -0.25) is 9.59 Å². The molecule has 8 heteroatoms. The highest BCUT2D eigenvalue weighted by Crippen LogP contribution is 2.00. The lowest BCUT2D eigenvalue weighted by Crippen LogP contribution is -2.42. The molecule has 0 aliphatic heterocycles. The molecular formula is C11H15N3O5. The molecule has 1 amide bonds. The number of nitrogens with zero attached hydrogens (tertiary/aromatic N) is 1. The third-order valence-electron chi connectivity index (χ3n) is 2.35. The molecule has 0 bridgehead atoms. The van der Waals surface area contributed by atoms with Gasteiger partial charge in [0.1, 0.15) is 6.04 Å². The number of hydrogen-bond donors (Lipinski definition) is 3. The van der Waals surface area contributed by atoms with Crippen molar-refractivity contribution in [2.75, 3.05) is 6.61 Å². The summed E-state index contributed by atoms with van der Waals surface area (Å²) in [5.41, 5.74) is 0.622. The second-order valence-electron chi connectivity index (χ2n) is 3.81. The highest BCUT2D eigenvalue weighted by Gasteiger charge is 2.20. The monoisotopic (exact) mass is 269 g/mol. The first-order chi connectivity index (χ1) is 9.13. The maximum atomic E-state index is 11.5. The normalized spacial score (nSPS) is 11.6. The Kier molecular flexibility index (Phi) is 6.07. The van der Waals surface area contributed by atoms with Crippen molar-refractivity contribution in [3.8, 4) is 0 Å². The number of rotatable bonds is 9. The van der Waals surface area contributed by atoms with Crippen LogP contribution in [0.4, 0.5) is 0 Å². The van der Waals surface area contributed by atoms with E-state index in [2.05, 4.69) is 20.0 Å². The van der Waals surface area contributed by atoms with E-state index >= 15 is 0 Å². The van der Waals surface area contributed by atoms with Gasteiger partial charge in [0.15, 0.2) is 0 Å². The van der Waals surface area contributed by atoms with Gasteiger partial charge in [-0.05, 0) is 6.42 Å². The van der Waals surface area contributed by atoms with Crippen LogP contribution in [0.2, 0.25) is 0 Å². The Bertz CT molecular complexity index is 418. The molecule has 19 heavy (non-hydrogen) atoms. The van der Waals surface area contributed by atoms with Crippen molar-refractivity contribution in [1.29, 1.82) is 0 Å².